The lowest BCUT2D eigenvalue weighted by atomic mass is 9.87. The molecule has 0 amide bonds. The van der Waals surface area contributed by atoms with E-state index in [9.17, 15) is 0 Å². The molecule has 1 aliphatic rings. The van der Waals surface area contributed by atoms with Crippen molar-refractivity contribution in [1.29, 1.82) is 0 Å². The van der Waals surface area contributed by atoms with E-state index in [-0.39, 0.29) is 0 Å². The van der Waals surface area contributed by atoms with E-state index < -0.39 is 0 Å². The van der Waals surface area contributed by atoms with Crippen molar-refractivity contribution in [3.8, 4) is 0 Å². The van der Waals surface area contributed by atoms with E-state index in [1.165, 1.54) is 37.3 Å². The molecular formula is C17H29N3. The molecule has 3 nitrogen and oxygen atoms in total. The van der Waals surface area contributed by atoms with Gasteiger partial charge in [0.15, 0.2) is 0 Å². The summed E-state index contributed by atoms with van der Waals surface area (Å²) in [6, 6.07) is 4.26. The molecule has 0 saturated carbocycles. The molecule has 3 heteroatoms. The third kappa shape index (κ3) is 4.48. The van der Waals surface area contributed by atoms with Gasteiger partial charge in [0.05, 0.1) is 5.69 Å². The second-order valence-corrected chi connectivity index (χ2v) is 6.32. The quantitative estimate of drug-likeness (QED) is 0.856. The van der Waals surface area contributed by atoms with E-state index in [2.05, 4.69) is 48.1 Å². The number of likely N-dealkylation sites (tertiary alicyclic amines) is 1. The Bertz CT molecular complexity index is 395. The van der Waals surface area contributed by atoms with Crippen LogP contribution in [0.25, 0.3) is 0 Å². The van der Waals surface area contributed by atoms with E-state index in [1.54, 1.807) is 0 Å². The fourth-order valence-corrected chi connectivity index (χ4v) is 2.95. The fraction of sp³-hybridized carbons (Fsp3) is 0.706. The molecule has 1 saturated heterocycles. The third-order valence-electron chi connectivity index (χ3n) is 4.36. The fourth-order valence-electron chi connectivity index (χ4n) is 2.95. The Hall–Kier alpha value is -1.09. The summed E-state index contributed by atoms with van der Waals surface area (Å²) in [6.07, 6.45) is 5.76. The SMILES string of the molecule is CCCNc1ccnc(CN2CCC(C(C)C)CC2)c1. The number of nitrogens with one attached hydrogen (secondary N) is 1. The zero-order chi connectivity index (χ0) is 14.4. The molecule has 20 heavy (non-hydrogen) atoms. The van der Waals surface area contributed by atoms with Gasteiger partial charge in [0.1, 0.15) is 0 Å². The third-order valence-corrected chi connectivity index (χ3v) is 4.36. The predicted octanol–water partition coefficient (Wildman–Crippen LogP) is 3.77. The Balaban J connectivity index is 1.84. The largest absolute Gasteiger partial charge is 0.385 e. The molecule has 2 heterocycles. The van der Waals surface area contributed by atoms with E-state index >= 15 is 0 Å². The highest BCUT2D eigenvalue weighted by Gasteiger charge is 2.21. The minimum absolute atomic E-state index is 0.830. The van der Waals surface area contributed by atoms with Crippen molar-refractivity contribution >= 4 is 5.69 Å². The molecule has 0 spiro atoms. The van der Waals surface area contributed by atoms with Crippen molar-refractivity contribution < 1.29 is 0 Å². The van der Waals surface area contributed by atoms with Gasteiger partial charge in [-0.2, -0.15) is 0 Å². The first-order valence-corrected chi connectivity index (χ1v) is 8.10. The summed E-state index contributed by atoms with van der Waals surface area (Å²) in [7, 11) is 0. The van der Waals surface area contributed by atoms with Crippen molar-refractivity contribution in [2.45, 2.75) is 46.6 Å². The molecule has 0 bridgehead atoms. The Morgan fingerprint density at radius 3 is 2.75 bits per heavy atom. The minimum atomic E-state index is 0.830. The highest BCUT2D eigenvalue weighted by molar-refractivity contribution is 5.43. The van der Waals surface area contributed by atoms with Crippen LogP contribution < -0.4 is 5.32 Å². The molecule has 0 atom stereocenters. The average Bonchev–Trinajstić information content (AvgIpc) is 2.46. The zero-order valence-electron chi connectivity index (χ0n) is 13.2. The van der Waals surface area contributed by atoms with Crippen molar-refractivity contribution in [1.82, 2.24) is 9.88 Å². The summed E-state index contributed by atoms with van der Waals surface area (Å²) in [5.41, 5.74) is 2.39. The standard InChI is InChI=1S/C17H29N3/c1-4-8-18-16-5-9-19-17(12-16)13-20-10-6-15(7-11-20)14(2)3/h5,9,12,14-15H,4,6-8,10-11,13H2,1-3H3,(H,18,19). The maximum absolute atomic E-state index is 4.51. The molecule has 2 rings (SSSR count). The first-order chi connectivity index (χ1) is 9.69. The van der Waals surface area contributed by atoms with Crippen molar-refractivity contribution in [2.24, 2.45) is 11.8 Å². The Kier molecular flexibility index (Phi) is 5.84. The molecule has 0 radical (unpaired) electrons. The summed E-state index contributed by atoms with van der Waals surface area (Å²) in [6.45, 7) is 11.4. The summed E-state index contributed by atoms with van der Waals surface area (Å²) in [5, 5.41) is 3.44. The topological polar surface area (TPSA) is 28.2 Å². The van der Waals surface area contributed by atoms with E-state index in [1.807, 2.05) is 6.20 Å². The maximum atomic E-state index is 4.51. The number of rotatable bonds is 6. The second-order valence-electron chi connectivity index (χ2n) is 6.32. The predicted molar refractivity (Wildman–Crippen MR) is 85.9 cm³/mol. The van der Waals surface area contributed by atoms with Gasteiger partial charge in [0.25, 0.3) is 0 Å². The van der Waals surface area contributed by atoms with Crippen LogP contribution in [0.4, 0.5) is 5.69 Å². The summed E-state index contributed by atoms with van der Waals surface area (Å²) < 4.78 is 0. The Morgan fingerprint density at radius 2 is 2.10 bits per heavy atom. The van der Waals surface area contributed by atoms with E-state index in [4.69, 9.17) is 0 Å². The molecule has 0 aliphatic carbocycles. The summed E-state index contributed by atoms with van der Waals surface area (Å²) >= 11 is 0. The van der Waals surface area contributed by atoms with Gasteiger partial charge in [-0.3, -0.25) is 9.88 Å². The molecular weight excluding hydrogens is 246 g/mol. The van der Waals surface area contributed by atoms with Crippen LogP contribution in [0.5, 0.6) is 0 Å². The first-order valence-electron chi connectivity index (χ1n) is 8.10. The molecule has 0 unspecified atom stereocenters. The summed E-state index contributed by atoms with van der Waals surface area (Å²) in [4.78, 5) is 7.06. The van der Waals surface area contributed by atoms with Gasteiger partial charge in [0.2, 0.25) is 0 Å². The van der Waals surface area contributed by atoms with Gasteiger partial charge >= 0.3 is 0 Å². The molecule has 1 aromatic heterocycles. The van der Waals surface area contributed by atoms with Crippen molar-refractivity contribution in [3.05, 3.63) is 24.0 Å². The highest BCUT2D eigenvalue weighted by Crippen LogP contribution is 2.25. The first kappa shape index (κ1) is 15.3. The van der Waals surface area contributed by atoms with Gasteiger partial charge in [-0.05, 0) is 56.3 Å². The maximum Gasteiger partial charge on any atom is 0.0564 e. The lowest BCUT2D eigenvalue weighted by Gasteiger charge is -2.33. The van der Waals surface area contributed by atoms with Gasteiger partial charge in [-0.1, -0.05) is 20.8 Å². The normalized spacial score (nSPS) is 17.6. The van der Waals surface area contributed by atoms with Gasteiger partial charge in [-0.25, -0.2) is 0 Å². The number of pyridine rings is 1. The zero-order valence-corrected chi connectivity index (χ0v) is 13.2. The molecule has 112 valence electrons. The number of hydrogen-bond donors (Lipinski definition) is 1. The van der Waals surface area contributed by atoms with E-state index in [0.717, 1.165) is 31.3 Å². The van der Waals surface area contributed by atoms with Crippen LogP contribution in [0.2, 0.25) is 0 Å². The number of anilines is 1. The monoisotopic (exact) mass is 275 g/mol. The Morgan fingerprint density at radius 1 is 1.35 bits per heavy atom. The van der Waals surface area contributed by atoms with Crippen molar-refractivity contribution in [3.63, 3.8) is 0 Å². The molecule has 1 aliphatic heterocycles. The summed E-state index contributed by atoms with van der Waals surface area (Å²) in [5.74, 6) is 1.74. The molecule has 1 fully saturated rings. The van der Waals surface area contributed by atoms with Gasteiger partial charge in [-0.15, -0.1) is 0 Å². The van der Waals surface area contributed by atoms with Crippen LogP contribution in [0.15, 0.2) is 18.3 Å². The molecule has 0 aromatic carbocycles. The van der Waals surface area contributed by atoms with Crippen LogP contribution in [0, 0.1) is 11.8 Å². The smallest absolute Gasteiger partial charge is 0.0564 e. The molecule has 1 N–H and O–H groups in total. The van der Waals surface area contributed by atoms with Crippen LogP contribution in [-0.2, 0) is 6.54 Å². The number of hydrogen-bond acceptors (Lipinski definition) is 3. The minimum Gasteiger partial charge on any atom is -0.385 e. The Labute approximate surface area is 123 Å². The van der Waals surface area contributed by atoms with Crippen LogP contribution >= 0.6 is 0 Å². The highest BCUT2D eigenvalue weighted by atomic mass is 15.1. The number of nitrogens with zero attached hydrogens (tertiary/aromatic N) is 2. The lowest BCUT2D eigenvalue weighted by Crippen LogP contribution is -2.34. The van der Waals surface area contributed by atoms with Gasteiger partial charge < -0.3 is 5.32 Å². The second kappa shape index (κ2) is 7.63. The molecule has 1 aromatic rings. The van der Waals surface area contributed by atoms with E-state index in [0.29, 0.717) is 0 Å². The lowest BCUT2D eigenvalue weighted by molar-refractivity contribution is 0.150. The average molecular weight is 275 g/mol. The number of piperidine rings is 1. The van der Waals surface area contributed by atoms with Crippen LogP contribution in [0.1, 0.15) is 45.7 Å². The van der Waals surface area contributed by atoms with Crippen molar-refractivity contribution in [2.75, 3.05) is 25.0 Å². The van der Waals surface area contributed by atoms with Crippen LogP contribution in [0.3, 0.4) is 0 Å². The van der Waals surface area contributed by atoms with Gasteiger partial charge in [0, 0.05) is 25.0 Å². The van der Waals surface area contributed by atoms with Crippen LogP contribution in [-0.4, -0.2) is 29.5 Å². The number of aromatic nitrogens is 1.